The summed E-state index contributed by atoms with van der Waals surface area (Å²) in [5, 5.41) is 23.7. The molecule has 1 aliphatic heterocycles. The molecule has 0 radical (unpaired) electrons. The number of H-pyrrole nitrogens is 1. The smallest absolute Gasteiger partial charge is 0.380 e. The number of rotatable bonds is 10. The first-order valence-corrected chi connectivity index (χ1v) is 16.6. The minimum Gasteiger partial charge on any atom is -0.462 e. The second-order valence-corrected chi connectivity index (χ2v) is 13.9. The number of aliphatic hydroxyl groups is 2. The number of fused-ring (bicyclic) bond motifs is 1. The third-order valence-corrected chi connectivity index (χ3v) is 10.3. The highest BCUT2D eigenvalue weighted by Crippen LogP contribution is 2.52. The minimum atomic E-state index is -4.09. The third kappa shape index (κ3) is 7.11. The Hall–Kier alpha value is -2.86. The number of aromatic nitrogens is 2. The number of ether oxygens (including phenoxy) is 2. The van der Waals surface area contributed by atoms with Gasteiger partial charge in [-0.05, 0) is 56.3 Å². The van der Waals surface area contributed by atoms with E-state index in [1.54, 1.807) is 19.1 Å². The minimum absolute atomic E-state index is 0.0122. The van der Waals surface area contributed by atoms with Gasteiger partial charge in [-0.2, -0.15) is 0 Å². The van der Waals surface area contributed by atoms with E-state index in [1.165, 1.54) is 23.8 Å². The fourth-order valence-electron chi connectivity index (χ4n) is 5.59. The zero-order valence-corrected chi connectivity index (χ0v) is 25.8. The summed E-state index contributed by atoms with van der Waals surface area (Å²) in [5.41, 5.74) is -2.27. The van der Waals surface area contributed by atoms with Crippen LogP contribution < -0.4 is 10.1 Å². The lowest BCUT2D eigenvalue weighted by molar-refractivity contribution is -0.154. The molecule has 0 bridgehead atoms. The van der Waals surface area contributed by atoms with Crippen LogP contribution in [0.4, 0.5) is 0 Å². The Bertz CT molecular complexity index is 1610. The first kappa shape index (κ1) is 31.6. The van der Waals surface area contributed by atoms with Gasteiger partial charge in [0.2, 0.25) is 0 Å². The molecule has 1 aromatic heterocycles. The maximum Gasteiger partial charge on any atom is 0.380 e. The van der Waals surface area contributed by atoms with E-state index < -0.39 is 55.7 Å². The van der Waals surface area contributed by atoms with Crippen molar-refractivity contribution in [2.24, 2.45) is 5.92 Å². The molecule has 2 aliphatic rings. The van der Waals surface area contributed by atoms with Crippen molar-refractivity contribution in [2.75, 3.05) is 12.8 Å². The maximum absolute atomic E-state index is 14.4. The number of hydrogen-bond donors (Lipinski definition) is 3. The highest BCUT2D eigenvalue weighted by molar-refractivity contribution is 7.71. The van der Waals surface area contributed by atoms with Crippen LogP contribution in [0.5, 0.6) is 5.75 Å². The number of benzene rings is 2. The molecule has 0 spiro atoms. The van der Waals surface area contributed by atoms with Gasteiger partial charge in [0.15, 0.2) is 11.0 Å². The van der Waals surface area contributed by atoms with Gasteiger partial charge in [0.05, 0.1) is 18.7 Å². The summed E-state index contributed by atoms with van der Waals surface area (Å²) in [7, 11) is -4.09. The zero-order valence-electron chi connectivity index (χ0n) is 24.1. The Morgan fingerprint density at radius 1 is 1.19 bits per heavy atom. The summed E-state index contributed by atoms with van der Waals surface area (Å²) >= 11 is 5.22. The molecule has 232 valence electrons. The Labute approximate surface area is 254 Å². The van der Waals surface area contributed by atoms with E-state index in [1.807, 2.05) is 30.3 Å². The van der Waals surface area contributed by atoms with Crippen LogP contribution in [0.25, 0.3) is 10.8 Å². The molecule has 1 saturated carbocycles. The number of carbonyl (C=O) groups excluding carboxylic acids is 1. The van der Waals surface area contributed by atoms with Gasteiger partial charge in [0, 0.05) is 17.6 Å². The van der Waals surface area contributed by atoms with Crippen molar-refractivity contribution in [3.05, 3.63) is 69.9 Å². The fraction of sp³-hybridized carbons (Fsp3) is 0.500. The topological polar surface area (TPSA) is 149 Å². The second-order valence-electron chi connectivity index (χ2n) is 11.5. The number of hydrogen-bond acceptors (Lipinski definition) is 10. The van der Waals surface area contributed by atoms with Gasteiger partial charge < -0.3 is 24.2 Å². The average molecular weight is 633 g/mol. The molecule has 3 aromatic rings. The van der Waals surface area contributed by atoms with Crippen molar-refractivity contribution in [1.82, 2.24) is 9.55 Å². The predicted octanol–water partition coefficient (Wildman–Crippen LogP) is 4.87. The normalized spacial score (nSPS) is 26.6. The molecule has 3 N–H and O–H groups in total. The van der Waals surface area contributed by atoms with E-state index in [0.717, 1.165) is 37.5 Å². The van der Waals surface area contributed by atoms with Gasteiger partial charge in [-0.1, -0.05) is 49.7 Å². The van der Waals surface area contributed by atoms with Crippen LogP contribution in [0.2, 0.25) is 0 Å². The molecule has 2 unspecified atom stereocenters. The molecule has 5 rings (SSSR count). The Morgan fingerprint density at radius 2 is 1.91 bits per heavy atom. The molecule has 43 heavy (non-hydrogen) atoms. The van der Waals surface area contributed by atoms with Crippen LogP contribution in [-0.4, -0.2) is 62.4 Å². The van der Waals surface area contributed by atoms with E-state index in [-0.39, 0.29) is 17.0 Å². The molecule has 11 nitrogen and oxygen atoms in total. The van der Waals surface area contributed by atoms with Crippen molar-refractivity contribution >= 4 is 36.6 Å². The summed E-state index contributed by atoms with van der Waals surface area (Å²) in [4.78, 5) is 27.1. The largest absolute Gasteiger partial charge is 0.462 e. The highest BCUT2D eigenvalue weighted by Gasteiger charge is 2.54. The number of aliphatic hydroxyl groups excluding tert-OH is 1. The molecule has 1 aliphatic carbocycles. The van der Waals surface area contributed by atoms with Crippen LogP contribution in [-0.2, 0) is 23.4 Å². The van der Waals surface area contributed by atoms with Crippen LogP contribution in [0.3, 0.4) is 0 Å². The second kappa shape index (κ2) is 13.0. The van der Waals surface area contributed by atoms with Gasteiger partial charge in [0.25, 0.3) is 5.56 Å². The van der Waals surface area contributed by atoms with Crippen LogP contribution in [0.1, 0.15) is 52.2 Å². The van der Waals surface area contributed by atoms with Crippen LogP contribution in [0.15, 0.2) is 59.5 Å². The van der Waals surface area contributed by atoms with E-state index in [0.29, 0.717) is 11.1 Å². The van der Waals surface area contributed by atoms with Gasteiger partial charge in [-0.3, -0.25) is 23.7 Å². The standard InChI is InChI=1S/C30H37N2O9PS/c1-19(27(35)39-21-11-4-3-5-12-21)18-42(37,41-23-14-8-10-20-9-6-7-13-22(20)23)38-17-24-26(34)30(2,36)28(40-24)32-16-15-25(33)31-29(32)43/h6-10,13-16,19,21,24,26,28,34,36H,3-5,11-12,17-18H2,1-2H3,(H,31,33,43)/t19-,24-,26+,28-,30?,42?/m1/s1. The lowest BCUT2D eigenvalue weighted by Crippen LogP contribution is -2.44. The monoisotopic (exact) mass is 632 g/mol. The molecular weight excluding hydrogens is 595 g/mol. The predicted molar refractivity (Wildman–Crippen MR) is 162 cm³/mol. The molecule has 13 heteroatoms. The first-order chi connectivity index (χ1) is 20.5. The van der Waals surface area contributed by atoms with Gasteiger partial charge in [-0.25, -0.2) is 4.57 Å². The summed E-state index contributed by atoms with van der Waals surface area (Å²) < 4.78 is 39.3. The van der Waals surface area contributed by atoms with Gasteiger partial charge in [0.1, 0.15) is 29.7 Å². The summed E-state index contributed by atoms with van der Waals surface area (Å²) in [5.74, 6) is -0.982. The highest BCUT2D eigenvalue weighted by atomic mass is 32.1. The zero-order chi connectivity index (χ0) is 30.8. The lowest BCUT2D eigenvalue weighted by Gasteiger charge is -2.28. The van der Waals surface area contributed by atoms with Crippen LogP contribution >= 0.6 is 19.8 Å². The average Bonchev–Trinajstić information content (AvgIpc) is 3.20. The number of aromatic amines is 1. The molecule has 2 heterocycles. The lowest BCUT2D eigenvalue weighted by atomic mass is 9.96. The molecular formula is C30H37N2O9PS. The summed E-state index contributed by atoms with van der Waals surface area (Å²) in [6.45, 7) is 2.55. The Morgan fingerprint density at radius 3 is 2.65 bits per heavy atom. The quantitative estimate of drug-likeness (QED) is 0.161. The van der Waals surface area contributed by atoms with Gasteiger partial charge in [-0.15, -0.1) is 0 Å². The van der Waals surface area contributed by atoms with Gasteiger partial charge >= 0.3 is 13.6 Å². The number of carbonyl (C=O) groups is 1. The SMILES string of the molecule is C[C@H](CP(=O)(OC[C@H]1O[C@@H](n2ccc(=O)[nH]c2=S)C(C)(O)[C@H]1O)Oc1cccc2ccccc12)C(=O)OC1CCCCC1. The Kier molecular flexibility index (Phi) is 9.55. The fourth-order valence-corrected chi connectivity index (χ4v) is 7.73. The molecule has 1 saturated heterocycles. The molecule has 2 fully saturated rings. The van der Waals surface area contributed by atoms with Crippen molar-refractivity contribution in [3.63, 3.8) is 0 Å². The maximum atomic E-state index is 14.4. The van der Waals surface area contributed by atoms with E-state index in [4.69, 9.17) is 30.7 Å². The molecule has 6 atom stereocenters. The van der Waals surface area contributed by atoms with Crippen LogP contribution in [0, 0.1) is 10.7 Å². The van der Waals surface area contributed by atoms with E-state index in [2.05, 4.69) is 4.98 Å². The van der Waals surface area contributed by atoms with Crippen molar-refractivity contribution in [1.29, 1.82) is 0 Å². The van der Waals surface area contributed by atoms with E-state index >= 15 is 0 Å². The summed E-state index contributed by atoms with van der Waals surface area (Å²) in [6.07, 6.45) is 1.81. The third-order valence-electron chi connectivity index (χ3n) is 8.02. The summed E-state index contributed by atoms with van der Waals surface area (Å²) in [6, 6.07) is 14.0. The Balaban J connectivity index is 1.37. The van der Waals surface area contributed by atoms with Crippen molar-refractivity contribution in [3.8, 4) is 5.75 Å². The molecule has 0 amide bonds. The molecule has 2 aromatic carbocycles. The first-order valence-electron chi connectivity index (χ1n) is 14.5. The number of nitrogens with zero attached hydrogens (tertiary/aromatic N) is 1. The van der Waals surface area contributed by atoms with Crippen molar-refractivity contribution in [2.45, 2.75) is 76.1 Å². The van der Waals surface area contributed by atoms with E-state index in [9.17, 15) is 24.4 Å². The number of nitrogens with one attached hydrogen (secondary N) is 1. The van der Waals surface area contributed by atoms with Crippen molar-refractivity contribution < 1.29 is 38.1 Å². The number of esters is 1.